The monoisotopic (exact) mass is 642 g/mol. The maximum atomic E-state index is 5.11. The molecule has 1 atom stereocenters. The highest BCUT2D eigenvalue weighted by atomic mass is 15.2. The van der Waals surface area contributed by atoms with Crippen molar-refractivity contribution in [1.29, 1.82) is 0 Å². The van der Waals surface area contributed by atoms with Gasteiger partial charge in [-0.2, -0.15) is 0 Å². The number of amidine groups is 2. The number of aromatic nitrogens is 1. The number of aliphatic imine (C=N–C) groups is 2. The molecule has 1 aromatic heterocycles. The summed E-state index contributed by atoms with van der Waals surface area (Å²) < 4.78 is 0. The van der Waals surface area contributed by atoms with E-state index in [0.717, 1.165) is 46.5 Å². The molecule has 50 heavy (non-hydrogen) atoms. The van der Waals surface area contributed by atoms with Gasteiger partial charge in [-0.1, -0.05) is 127 Å². The second-order valence-electron chi connectivity index (χ2n) is 12.8. The van der Waals surface area contributed by atoms with E-state index in [4.69, 9.17) is 9.98 Å². The van der Waals surface area contributed by atoms with Crippen LogP contribution in [-0.2, 0) is 0 Å². The van der Waals surface area contributed by atoms with Crippen molar-refractivity contribution < 1.29 is 0 Å². The predicted octanol–water partition coefficient (Wildman–Crippen LogP) is 11.2. The Balaban J connectivity index is 1.09. The van der Waals surface area contributed by atoms with Gasteiger partial charge in [-0.25, -0.2) is 9.98 Å². The molecule has 9 rings (SSSR count). The fourth-order valence-electron chi connectivity index (χ4n) is 7.13. The van der Waals surface area contributed by atoms with Crippen LogP contribution in [0.2, 0.25) is 0 Å². The van der Waals surface area contributed by atoms with E-state index in [0.29, 0.717) is 5.84 Å². The first-order valence-corrected chi connectivity index (χ1v) is 17.2. The summed E-state index contributed by atoms with van der Waals surface area (Å²) in [5, 5.41) is 11.3. The van der Waals surface area contributed by atoms with Crippen LogP contribution in [0.4, 0.5) is 0 Å². The molecular formula is C46H34N4. The second-order valence-corrected chi connectivity index (χ2v) is 12.8. The Morgan fingerprint density at radius 3 is 1.88 bits per heavy atom. The molecule has 7 aromatic rings. The average Bonchev–Trinajstić information content (AvgIpc) is 3.18. The third kappa shape index (κ3) is 5.61. The van der Waals surface area contributed by atoms with Crippen LogP contribution in [-0.4, -0.2) is 16.7 Å². The van der Waals surface area contributed by atoms with Crippen LogP contribution in [0.25, 0.3) is 54.6 Å². The zero-order valence-corrected chi connectivity index (χ0v) is 27.5. The maximum Gasteiger partial charge on any atom is 0.159 e. The SMILES string of the molecule is C1=C/CC\C=C/C(C2=NC(c3ccncc3)=NC(c3cccc(-c4cccc(-c5ccc6c7ccccc7c7ccccc7c6c5)c4)c3)N2)=C\1. The molecule has 0 radical (unpaired) electrons. The molecule has 0 spiro atoms. The van der Waals surface area contributed by atoms with Crippen molar-refractivity contribution in [2.75, 3.05) is 0 Å². The predicted molar refractivity (Wildman–Crippen MR) is 210 cm³/mol. The summed E-state index contributed by atoms with van der Waals surface area (Å²) in [5.74, 6) is 1.50. The topological polar surface area (TPSA) is 49.6 Å². The zero-order valence-electron chi connectivity index (χ0n) is 27.5. The molecule has 2 aliphatic rings. The molecule has 0 fully saturated rings. The second kappa shape index (κ2) is 12.9. The third-order valence-electron chi connectivity index (χ3n) is 9.64. The van der Waals surface area contributed by atoms with Gasteiger partial charge in [0.25, 0.3) is 0 Å². The molecule has 0 amide bonds. The molecule has 238 valence electrons. The number of hydrogen-bond acceptors (Lipinski definition) is 4. The summed E-state index contributed by atoms with van der Waals surface area (Å²) in [5.41, 5.74) is 7.73. The Labute approximate surface area is 291 Å². The van der Waals surface area contributed by atoms with Gasteiger partial charge in [0.05, 0.1) is 0 Å². The Kier molecular flexibility index (Phi) is 7.67. The molecule has 2 heterocycles. The first kappa shape index (κ1) is 29.7. The minimum atomic E-state index is -0.305. The van der Waals surface area contributed by atoms with E-state index in [-0.39, 0.29) is 6.17 Å². The number of rotatable bonds is 5. The molecule has 4 nitrogen and oxygen atoms in total. The van der Waals surface area contributed by atoms with E-state index in [1.54, 1.807) is 12.4 Å². The van der Waals surface area contributed by atoms with E-state index in [1.165, 1.54) is 43.4 Å². The van der Waals surface area contributed by atoms with Gasteiger partial charge in [0.15, 0.2) is 5.84 Å². The highest BCUT2D eigenvalue weighted by Crippen LogP contribution is 2.38. The van der Waals surface area contributed by atoms with Gasteiger partial charge in [-0.05, 0) is 103 Å². The van der Waals surface area contributed by atoms with Crippen LogP contribution in [0.3, 0.4) is 0 Å². The third-order valence-corrected chi connectivity index (χ3v) is 9.64. The quantitative estimate of drug-likeness (QED) is 0.190. The lowest BCUT2D eigenvalue weighted by Gasteiger charge is -2.24. The van der Waals surface area contributed by atoms with E-state index in [9.17, 15) is 0 Å². The average molecular weight is 643 g/mol. The standard InChI is InChI=1S/C46H34N4/c1-2-4-12-31(13-5-3-1)44-48-45(32-24-26-47-27-25-32)50-46(49-44)37-17-11-16-35(29-37)33-14-10-15-34(28-33)36-22-23-42-40-20-7-6-18-38(40)39-19-8-9-21-41(39)43(42)30-36/h2,4-30,46H,1,3H2,(H,48,49,50)/b4-2-,13-5-,31-12+. The highest BCUT2D eigenvalue weighted by Gasteiger charge is 2.22. The van der Waals surface area contributed by atoms with Crippen molar-refractivity contribution in [3.63, 3.8) is 0 Å². The summed E-state index contributed by atoms with van der Waals surface area (Å²) in [6.07, 6.45) is 16.1. The lowest BCUT2D eigenvalue weighted by atomic mass is 9.91. The number of pyridine rings is 1. The van der Waals surface area contributed by atoms with Crippen LogP contribution < -0.4 is 5.32 Å². The fraction of sp³-hybridized carbons (Fsp3) is 0.0652. The number of allylic oxidation sites excluding steroid dienone is 4. The maximum absolute atomic E-state index is 5.11. The van der Waals surface area contributed by atoms with Gasteiger partial charge in [0.2, 0.25) is 0 Å². The number of nitrogens with one attached hydrogen (secondary N) is 1. The molecular weight excluding hydrogens is 609 g/mol. The minimum absolute atomic E-state index is 0.305. The summed E-state index contributed by atoms with van der Waals surface area (Å²) in [6.45, 7) is 0. The minimum Gasteiger partial charge on any atom is -0.344 e. The Bertz CT molecular complexity index is 2540. The molecule has 1 aliphatic carbocycles. The van der Waals surface area contributed by atoms with E-state index in [2.05, 4.69) is 156 Å². The summed E-state index contributed by atoms with van der Waals surface area (Å²) in [4.78, 5) is 14.3. The molecule has 0 saturated heterocycles. The molecule has 0 saturated carbocycles. The van der Waals surface area contributed by atoms with Crippen LogP contribution in [0.5, 0.6) is 0 Å². The largest absolute Gasteiger partial charge is 0.344 e. The van der Waals surface area contributed by atoms with Gasteiger partial charge >= 0.3 is 0 Å². The van der Waals surface area contributed by atoms with Gasteiger partial charge in [-0.15, -0.1) is 0 Å². The van der Waals surface area contributed by atoms with Gasteiger partial charge < -0.3 is 5.32 Å². The van der Waals surface area contributed by atoms with Crippen LogP contribution in [0, 0.1) is 0 Å². The molecule has 0 bridgehead atoms. The van der Waals surface area contributed by atoms with Gasteiger partial charge in [-0.3, -0.25) is 4.98 Å². The number of benzene rings is 6. The summed E-state index contributed by atoms with van der Waals surface area (Å²) >= 11 is 0. The molecule has 1 aliphatic heterocycles. The van der Waals surface area contributed by atoms with Gasteiger partial charge in [0.1, 0.15) is 12.0 Å². The number of hydrogen-bond donors (Lipinski definition) is 1. The van der Waals surface area contributed by atoms with E-state index < -0.39 is 0 Å². The highest BCUT2D eigenvalue weighted by molar-refractivity contribution is 6.25. The van der Waals surface area contributed by atoms with Crippen molar-refractivity contribution in [3.05, 3.63) is 187 Å². The van der Waals surface area contributed by atoms with Crippen molar-refractivity contribution in [3.8, 4) is 22.3 Å². The lowest BCUT2D eigenvalue weighted by molar-refractivity contribution is 0.674. The fourth-order valence-corrected chi connectivity index (χ4v) is 7.13. The van der Waals surface area contributed by atoms with Crippen LogP contribution in [0.1, 0.15) is 30.1 Å². The first-order chi connectivity index (χ1) is 24.8. The Morgan fingerprint density at radius 1 is 0.520 bits per heavy atom. The van der Waals surface area contributed by atoms with Crippen LogP contribution in [0.15, 0.2) is 186 Å². The smallest absolute Gasteiger partial charge is 0.159 e. The lowest BCUT2D eigenvalue weighted by Crippen LogP contribution is -2.33. The van der Waals surface area contributed by atoms with Crippen molar-refractivity contribution in [2.45, 2.75) is 19.0 Å². The Hall–Kier alpha value is -6.39. The van der Waals surface area contributed by atoms with Gasteiger partial charge in [0, 0.05) is 23.5 Å². The molecule has 1 unspecified atom stereocenters. The van der Waals surface area contributed by atoms with E-state index >= 15 is 0 Å². The number of fused-ring (bicyclic) bond motifs is 6. The molecule has 6 aromatic carbocycles. The normalized spacial score (nSPS) is 18.3. The summed E-state index contributed by atoms with van der Waals surface area (Å²) in [6, 6.07) is 45.9. The van der Waals surface area contributed by atoms with Crippen LogP contribution >= 0.6 is 0 Å². The van der Waals surface area contributed by atoms with Crippen molar-refractivity contribution in [1.82, 2.24) is 10.3 Å². The van der Waals surface area contributed by atoms with E-state index in [1.807, 2.05) is 12.1 Å². The summed E-state index contributed by atoms with van der Waals surface area (Å²) in [7, 11) is 0. The molecule has 4 heteroatoms. The van der Waals surface area contributed by atoms with Crippen molar-refractivity contribution >= 4 is 44.0 Å². The Morgan fingerprint density at radius 2 is 1.14 bits per heavy atom. The van der Waals surface area contributed by atoms with Crippen molar-refractivity contribution in [2.24, 2.45) is 9.98 Å². The molecule has 1 N–H and O–H groups in total. The first-order valence-electron chi connectivity index (χ1n) is 17.2. The number of nitrogens with zero attached hydrogens (tertiary/aromatic N) is 3. The zero-order chi connectivity index (χ0) is 33.3.